The second kappa shape index (κ2) is 3.49. The first kappa shape index (κ1) is 8.21. The third-order valence-electron chi connectivity index (χ3n) is 1.65. The third-order valence-corrected chi connectivity index (χ3v) is 1.65. The van der Waals surface area contributed by atoms with Crippen LogP contribution in [0.1, 0.15) is 18.1 Å². The molecular weight excluding hydrogens is 138 g/mol. The van der Waals surface area contributed by atoms with Crippen molar-refractivity contribution in [3.63, 3.8) is 0 Å². The normalized spacial score (nSPS) is 13.0. The predicted octanol–water partition coefficient (Wildman–Crippen LogP) is 1.31. The molecule has 60 valence electrons. The van der Waals surface area contributed by atoms with Crippen molar-refractivity contribution in [1.82, 2.24) is 4.98 Å². The average Bonchev–Trinajstić information content (AvgIpc) is 1.93. The zero-order valence-electron chi connectivity index (χ0n) is 6.91. The highest BCUT2D eigenvalue weighted by Gasteiger charge is 2.00. The van der Waals surface area contributed by atoms with Gasteiger partial charge in [0.25, 0.3) is 0 Å². The molecular formula is C9H13NO. The van der Waals surface area contributed by atoms with Crippen molar-refractivity contribution in [2.45, 2.75) is 26.4 Å². The largest absolute Gasteiger partial charge is 0.393 e. The Balaban J connectivity index is 2.78. The number of aliphatic hydroxyl groups is 1. The zero-order valence-corrected chi connectivity index (χ0v) is 6.91. The minimum atomic E-state index is -0.268. The van der Waals surface area contributed by atoms with Crippen molar-refractivity contribution in [3.8, 4) is 0 Å². The highest BCUT2D eigenvalue weighted by Crippen LogP contribution is 2.07. The fraction of sp³-hybridized carbons (Fsp3) is 0.444. The number of hydrogen-bond donors (Lipinski definition) is 1. The van der Waals surface area contributed by atoms with Crippen LogP contribution in [0, 0.1) is 6.92 Å². The van der Waals surface area contributed by atoms with E-state index in [1.54, 1.807) is 13.1 Å². The van der Waals surface area contributed by atoms with E-state index in [9.17, 15) is 0 Å². The van der Waals surface area contributed by atoms with Crippen molar-refractivity contribution in [3.05, 3.63) is 29.6 Å². The molecule has 1 N–H and O–H groups in total. The van der Waals surface area contributed by atoms with Gasteiger partial charge in [-0.1, -0.05) is 0 Å². The molecule has 1 aromatic heterocycles. The molecule has 0 aliphatic rings. The number of rotatable bonds is 2. The average molecular weight is 151 g/mol. The van der Waals surface area contributed by atoms with Gasteiger partial charge in [0.1, 0.15) is 0 Å². The Morgan fingerprint density at radius 2 is 2.36 bits per heavy atom. The lowest BCUT2D eigenvalue weighted by Gasteiger charge is -2.05. The summed E-state index contributed by atoms with van der Waals surface area (Å²) in [6.45, 7) is 3.80. The van der Waals surface area contributed by atoms with Gasteiger partial charge in [0.15, 0.2) is 0 Å². The topological polar surface area (TPSA) is 33.1 Å². The van der Waals surface area contributed by atoms with Crippen LogP contribution >= 0.6 is 0 Å². The standard InChI is InChI=1S/C9H13NO/c1-7-6-10-4-3-9(7)5-8(2)11/h3-4,6,8,11H,5H2,1-2H3/t8-/m1/s1. The van der Waals surface area contributed by atoms with Crippen LogP contribution in [0.4, 0.5) is 0 Å². The summed E-state index contributed by atoms with van der Waals surface area (Å²) in [5.74, 6) is 0. The summed E-state index contributed by atoms with van der Waals surface area (Å²) < 4.78 is 0. The number of aliphatic hydroxyl groups excluding tert-OH is 1. The van der Waals surface area contributed by atoms with Gasteiger partial charge in [-0.05, 0) is 37.5 Å². The Bertz CT molecular complexity index is 233. The molecule has 1 aromatic rings. The van der Waals surface area contributed by atoms with Gasteiger partial charge in [-0.25, -0.2) is 0 Å². The number of aryl methyl sites for hydroxylation is 1. The first-order chi connectivity index (χ1) is 5.20. The molecule has 1 atom stereocenters. The van der Waals surface area contributed by atoms with Crippen LogP contribution in [-0.4, -0.2) is 16.2 Å². The summed E-state index contributed by atoms with van der Waals surface area (Å²) in [4.78, 5) is 3.97. The predicted molar refractivity (Wildman–Crippen MR) is 44.4 cm³/mol. The fourth-order valence-corrected chi connectivity index (χ4v) is 1.05. The maximum absolute atomic E-state index is 9.11. The minimum Gasteiger partial charge on any atom is -0.393 e. The molecule has 2 nitrogen and oxygen atoms in total. The van der Waals surface area contributed by atoms with E-state index in [-0.39, 0.29) is 6.10 Å². The SMILES string of the molecule is Cc1cnccc1C[C@@H](C)O. The summed E-state index contributed by atoms with van der Waals surface area (Å²) in [6.07, 6.45) is 4.02. The fourth-order valence-electron chi connectivity index (χ4n) is 1.05. The molecule has 0 aliphatic heterocycles. The molecule has 0 unspecified atom stereocenters. The van der Waals surface area contributed by atoms with E-state index in [2.05, 4.69) is 4.98 Å². The summed E-state index contributed by atoms with van der Waals surface area (Å²) in [5.41, 5.74) is 2.32. The molecule has 0 bridgehead atoms. The van der Waals surface area contributed by atoms with Crippen molar-refractivity contribution in [2.24, 2.45) is 0 Å². The van der Waals surface area contributed by atoms with E-state index in [0.717, 1.165) is 5.56 Å². The zero-order chi connectivity index (χ0) is 8.27. The van der Waals surface area contributed by atoms with Crippen LogP contribution in [0.15, 0.2) is 18.5 Å². The van der Waals surface area contributed by atoms with Crippen molar-refractivity contribution in [1.29, 1.82) is 0 Å². The molecule has 0 amide bonds. The lowest BCUT2D eigenvalue weighted by molar-refractivity contribution is 0.195. The molecule has 0 aromatic carbocycles. The highest BCUT2D eigenvalue weighted by atomic mass is 16.3. The Morgan fingerprint density at radius 1 is 1.64 bits per heavy atom. The lowest BCUT2D eigenvalue weighted by atomic mass is 10.1. The number of pyridine rings is 1. The van der Waals surface area contributed by atoms with Crippen LogP contribution in [0.2, 0.25) is 0 Å². The third kappa shape index (κ3) is 2.31. The Kier molecular flexibility index (Phi) is 2.60. The van der Waals surface area contributed by atoms with Gasteiger partial charge in [0, 0.05) is 12.4 Å². The van der Waals surface area contributed by atoms with Gasteiger partial charge < -0.3 is 5.11 Å². The second-order valence-corrected chi connectivity index (χ2v) is 2.86. The van der Waals surface area contributed by atoms with Gasteiger partial charge >= 0.3 is 0 Å². The molecule has 0 radical (unpaired) electrons. The number of nitrogens with zero attached hydrogens (tertiary/aromatic N) is 1. The Labute approximate surface area is 66.9 Å². The van der Waals surface area contributed by atoms with Gasteiger partial charge in [-0.3, -0.25) is 4.98 Å². The maximum Gasteiger partial charge on any atom is 0.0552 e. The molecule has 0 aliphatic carbocycles. The monoisotopic (exact) mass is 151 g/mol. The van der Waals surface area contributed by atoms with Gasteiger partial charge in [-0.15, -0.1) is 0 Å². The second-order valence-electron chi connectivity index (χ2n) is 2.86. The lowest BCUT2D eigenvalue weighted by Crippen LogP contribution is -2.05. The summed E-state index contributed by atoms with van der Waals surface area (Å²) in [5, 5.41) is 9.11. The van der Waals surface area contributed by atoms with Crippen molar-refractivity contribution >= 4 is 0 Å². The first-order valence-corrected chi connectivity index (χ1v) is 3.77. The van der Waals surface area contributed by atoms with Crippen LogP contribution in [0.3, 0.4) is 0 Å². The van der Waals surface area contributed by atoms with E-state index in [0.29, 0.717) is 6.42 Å². The van der Waals surface area contributed by atoms with E-state index < -0.39 is 0 Å². The molecule has 0 saturated carbocycles. The van der Waals surface area contributed by atoms with Crippen molar-refractivity contribution in [2.75, 3.05) is 0 Å². The van der Waals surface area contributed by atoms with E-state index in [4.69, 9.17) is 5.11 Å². The molecule has 1 heterocycles. The van der Waals surface area contributed by atoms with Crippen LogP contribution < -0.4 is 0 Å². The molecule has 0 saturated heterocycles. The summed E-state index contributed by atoms with van der Waals surface area (Å²) in [6, 6.07) is 1.95. The van der Waals surface area contributed by atoms with Crippen LogP contribution in [0.25, 0.3) is 0 Å². The highest BCUT2D eigenvalue weighted by molar-refractivity contribution is 5.21. The number of hydrogen-bond acceptors (Lipinski definition) is 2. The molecule has 11 heavy (non-hydrogen) atoms. The molecule has 2 heteroatoms. The summed E-state index contributed by atoms with van der Waals surface area (Å²) in [7, 11) is 0. The van der Waals surface area contributed by atoms with Gasteiger partial charge in [0.05, 0.1) is 6.10 Å². The van der Waals surface area contributed by atoms with Gasteiger partial charge in [-0.2, -0.15) is 0 Å². The Morgan fingerprint density at radius 3 is 2.91 bits per heavy atom. The van der Waals surface area contributed by atoms with Gasteiger partial charge in [0.2, 0.25) is 0 Å². The summed E-state index contributed by atoms with van der Waals surface area (Å²) >= 11 is 0. The maximum atomic E-state index is 9.11. The molecule has 0 fully saturated rings. The van der Waals surface area contributed by atoms with Crippen LogP contribution in [0.5, 0.6) is 0 Å². The smallest absolute Gasteiger partial charge is 0.0552 e. The first-order valence-electron chi connectivity index (χ1n) is 3.77. The Hall–Kier alpha value is -0.890. The quantitative estimate of drug-likeness (QED) is 0.691. The number of aromatic nitrogens is 1. The van der Waals surface area contributed by atoms with E-state index >= 15 is 0 Å². The van der Waals surface area contributed by atoms with E-state index in [1.807, 2.05) is 19.2 Å². The van der Waals surface area contributed by atoms with Crippen molar-refractivity contribution < 1.29 is 5.11 Å². The molecule has 1 rings (SSSR count). The minimum absolute atomic E-state index is 0.268. The molecule has 0 spiro atoms. The van der Waals surface area contributed by atoms with E-state index in [1.165, 1.54) is 5.56 Å². The van der Waals surface area contributed by atoms with Crippen LogP contribution in [-0.2, 0) is 6.42 Å².